The van der Waals surface area contributed by atoms with Crippen LogP contribution in [0.1, 0.15) is 10.4 Å². The van der Waals surface area contributed by atoms with Gasteiger partial charge in [-0.2, -0.15) is 0 Å². The molecule has 92 valence electrons. The van der Waals surface area contributed by atoms with Gasteiger partial charge in [0, 0.05) is 19.3 Å². The highest BCUT2D eigenvalue weighted by molar-refractivity contribution is 6.33. The zero-order valence-corrected chi connectivity index (χ0v) is 9.78. The molecule has 1 aliphatic heterocycles. The van der Waals surface area contributed by atoms with Gasteiger partial charge in [0.25, 0.3) is 0 Å². The van der Waals surface area contributed by atoms with Gasteiger partial charge in [-0.05, 0) is 6.07 Å². The number of aromatic carboxylic acids is 1. The molecule has 0 amide bonds. The number of hydrogen-bond donors (Lipinski definition) is 2. The van der Waals surface area contributed by atoms with Crippen molar-refractivity contribution >= 4 is 23.4 Å². The normalized spacial score (nSPS) is 16.8. The highest BCUT2D eigenvalue weighted by Gasteiger charge is 2.14. The molecule has 0 aliphatic carbocycles. The molecule has 0 unspecified atom stereocenters. The highest BCUT2D eigenvalue weighted by Crippen LogP contribution is 2.18. The van der Waals surface area contributed by atoms with E-state index in [2.05, 4.69) is 10.4 Å². The van der Waals surface area contributed by atoms with Crippen LogP contribution < -0.4 is 5.43 Å². The predicted octanol–water partition coefficient (Wildman–Crippen LogP) is 1.09. The number of anilines is 1. The minimum absolute atomic E-state index is 0.0393. The fraction of sp³-hybridized carbons (Fsp3) is 0.400. The van der Waals surface area contributed by atoms with Crippen molar-refractivity contribution in [3.63, 3.8) is 0 Å². The molecule has 17 heavy (non-hydrogen) atoms. The summed E-state index contributed by atoms with van der Waals surface area (Å²) in [7, 11) is 0. The number of aromatic nitrogens is 1. The molecule has 1 aromatic rings. The summed E-state index contributed by atoms with van der Waals surface area (Å²) >= 11 is 5.73. The fourth-order valence-electron chi connectivity index (χ4n) is 1.50. The maximum absolute atomic E-state index is 10.9. The van der Waals surface area contributed by atoms with E-state index in [1.807, 2.05) is 5.01 Å². The van der Waals surface area contributed by atoms with Gasteiger partial charge in [0.2, 0.25) is 0 Å². The molecule has 1 saturated heterocycles. The van der Waals surface area contributed by atoms with Crippen LogP contribution in [0.3, 0.4) is 0 Å². The molecule has 6 nitrogen and oxygen atoms in total. The Labute approximate surface area is 103 Å². The summed E-state index contributed by atoms with van der Waals surface area (Å²) in [4.78, 5) is 14.9. The van der Waals surface area contributed by atoms with Crippen molar-refractivity contribution in [2.75, 3.05) is 31.7 Å². The first kappa shape index (κ1) is 12.1. The molecule has 1 fully saturated rings. The van der Waals surface area contributed by atoms with Gasteiger partial charge in [0.15, 0.2) is 0 Å². The van der Waals surface area contributed by atoms with Gasteiger partial charge in [0.1, 0.15) is 5.82 Å². The summed E-state index contributed by atoms with van der Waals surface area (Å²) in [5.41, 5.74) is 3.06. The molecule has 0 aromatic carbocycles. The minimum Gasteiger partial charge on any atom is -0.478 e. The van der Waals surface area contributed by atoms with Gasteiger partial charge in [-0.3, -0.25) is 0 Å². The molecule has 0 radical (unpaired) electrons. The van der Waals surface area contributed by atoms with Crippen LogP contribution in [-0.2, 0) is 4.74 Å². The molecular formula is C10H12ClN3O3. The fourth-order valence-corrected chi connectivity index (χ4v) is 1.69. The van der Waals surface area contributed by atoms with Crippen molar-refractivity contribution in [1.29, 1.82) is 0 Å². The van der Waals surface area contributed by atoms with E-state index in [9.17, 15) is 4.79 Å². The van der Waals surface area contributed by atoms with Crippen molar-refractivity contribution in [2.45, 2.75) is 0 Å². The number of nitrogens with one attached hydrogen (secondary N) is 1. The van der Waals surface area contributed by atoms with E-state index in [-0.39, 0.29) is 10.6 Å². The summed E-state index contributed by atoms with van der Waals surface area (Å²) in [6.45, 7) is 2.75. The lowest BCUT2D eigenvalue weighted by Gasteiger charge is -2.27. The van der Waals surface area contributed by atoms with Crippen LogP contribution in [-0.4, -0.2) is 47.4 Å². The molecule has 0 spiro atoms. The number of nitrogens with zero attached hydrogens (tertiary/aromatic N) is 2. The van der Waals surface area contributed by atoms with Crippen molar-refractivity contribution in [3.8, 4) is 0 Å². The Balaban J connectivity index is 2.10. The van der Waals surface area contributed by atoms with Crippen LogP contribution in [0.25, 0.3) is 0 Å². The second kappa shape index (κ2) is 5.31. The molecule has 1 aliphatic rings. The third-order valence-corrected chi connectivity index (χ3v) is 2.67. The van der Waals surface area contributed by atoms with Gasteiger partial charge in [0.05, 0.1) is 23.8 Å². The van der Waals surface area contributed by atoms with E-state index >= 15 is 0 Å². The van der Waals surface area contributed by atoms with Crippen LogP contribution in [0.15, 0.2) is 12.3 Å². The third kappa shape index (κ3) is 3.06. The summed E-state index contributed by atoms with van der Waals surface area (Å²) < 4.78 is 5.20. The largest absolute Gasteiger partial charge is 0.478 e. The first-order valence-electron chi connectivity index (χ1n) is 5.15. The topological polar surface area (TPSA) is 74.7 Å². The Hall–Kier alpha value is -1.37. The lowest BCUT2D eigenvalue weighted by Crippen LogP contribution is -2.40. The molecular weight excluding hydrogens is 246 g/mol. The smallest absolute Gasteiger partial charge is 0.337 e. The van der Waals surface area contributed by atoms with Gasteiger partial charge >= 0.3 is 5.97 Å². The van der Waals surface area contributed by atoms with Gasteiger partial charge < -0.3 is 15.3 Å². The van der Waals surface area contributed by atoms with Crippen LogP contribution in [0.2, 0.25) is 5.02 Å². The van der Waals surface area contributed by atoms with E-state index in [0.29, 0.717) is 19.0 Å². The lowest BCUT2D eigenvalue weighted by molar-refractivity contribution is 0.0494. The summed E-state index contributed by atoms with van der Waals surface area (Å²) in [5, 5.41) is 11.0. The van der Waals surface area contributed by atoms with E-state index in [1.54, 1.807) is 0 Å². The SMILES string of the molecule is O=C(O)c1cc(NN2CCOCC2)ncc1Cl. The average molecular weight is 258 g/mol. The molecule has 0 bridgehead atoms. The predicted molar refractivity (Wildman–Crippen MR) is 62.2 cm³/mol. The van der Waals surface area contributed by atoms with Crippen molar-refractivity contribution in [2.24, 2.45) is 0 Å². The Morgan fingerprint density at radius 2 is 2.24 bits per heavy atom. The number of carboxylic acid groups (broad SMARTS) is 1. The summed E-state index contributed by atoms with van der Waals surface area (Å²) in [5.74, 6) is -0.601. The summed E-state index contributed by atoms with van der Waals surface area (Å²) in [6, 6.07) is 1.42. The Morgan fingerprint density at radius 3 is 2.88 bits per heavy atom. The number of hydrogen-bond acceptors (Lipinski definition) is 5. The third-order valence-electron chi connectivity index (χ3n) is 2.37. The van der Waals surface area contributed by atoms with Crippen molar-refractivity contribution in [1.82, 2.24) is 9.99 Å². The van der Waals surface area contributed by atoms with E-state index in [0.717, 1.165) is 13.1 Å². The quantitative estimate of drug-likeness (QED) is 0.844. The maximum Gasteiger partial charge on any atom is 0.337 e. The number of halogens is 1. The zero-order chi connectivity index (χ0) is 12.3. The Kier molecular flexibility index (Phi) is 3.78. The molecule has 2 rings (SSSR count). The number of carbonyl (C=O) groups is 1. The average Bonchev–Trinajstić information content (AvgIpc) is 2.32. The highest BCUT2D eigenvalue weighted by atomic mass is 35.5. The van der Waals surface area contributed by atoms with Crippen LogP contribution in [0.5, 0.6) is 0 Å². The monoisotopic (exact) mass is 257 g/mol. The molecule has 0 atom stereocenters. The lowest BCUT2D eigenvalue weighted by atomic mass is 10.2. The van der Waals surface area contributed by atoms with Crippen LogP contribution in [0.4, 0.5) is 5.82 Å². The van der Waals surface area contributed by atoms with Crippen LogP contribution in [0, 0.1) is 0 Å². The summed E-state index contributed by atoms with van der Waals surface area (Å²) in [6.07, 6.45) is 1.33. The molecule has 7 heteroatoms. The maximum atomic E-state index is 10.9. The number of rotatable bonds is 3. The van der Waals surface area contributed by atoms with Gasteiger partial charge in [-0.25, -0.2) is 14.8 Å². The molecule has 0 saturated carbocycles. The molecule has 2 heterocycles. The number of morpholine rings is 1. The van der Waals surface area contributed by atoms with Gasteiger partial charge in [-0.1, -0.05) is 11.6 Å². The van der Waals surface area contributed by atoms with Crippen LogP contribution >= 0.6 is 11.6 Å². The van der Waals surface area contributed by atoms with E-state index in [1.165, 1.54) is 12.3 Å². The van der Waals surface area contributed by atoms with Crippen molar-refractivity contribution < 1.29 is 14.6 Å². The second-order valence-electron chi connectivity index (χ2n) is 3.57. The minimum atomic E-state index is -1.07. The van der Waals surface area contributed by atoms with E-state index < -0.39 is 5.97 Å². The first-order valence-corrected chi connectivity index (χ1v) is 5.53. The second-order valence-corrected chi connectivity index (χ2v) is 3.97. The standard InChI is InChI=1S/C10H12ClN3O3/c11-8-6-12-9(5-7(8)10(15)16)13-14-1-3-17-4-2-14/h5-6H,1-4H2,(H,12,13)(H,15,16). The Morgan fingerprint density at radius 1 is 1.53 bits per heavy atom. The number of pyridine rings is 1. The van der Waals surface area contributed by atoms with E-state index in [4.69, 9.17) is 21.4 Å². The number of ether oxygens (including phenoxy) is 1. The zero-order valence-electron chi connectivity index (χ0n) is 9.02. The number of hydrazine groups is 1. The van der Waals surface area contributed by atoms with Gasteiger partial charge in [-0.15, -0.1) is 0 Å². The van der Waals surface area contributed by atoms with Crippen molar-refractivity contribution in [3.05, 3.63) is 22.8 Å². The first-order chi connectivity index (χ1) is 8.16. The molecule has 2 N–H and O–H groups in total. The molecule has 1 aromatic heterocycles. The number of carboxylic acids is 1. The Bertz CT molecular complexity index is 421.